The number of anilines is 3. The van der Waals surface area contributed by atoms with Crippen LogP contribution < -0.4 is 10.2 Å². The van der Waals surface area contributed by atoms with E-state index < -0.39 is 0 Å². The number of rotatable bonds is 4. The van der Waals surface area contributed by atoms with Crippen LogP contribution in [-0.2, 0) is 0 Å². The molecule has 0 radical (unpaired) electrons. The van der Waals surface area contributed by atoms with Crippen LogP contribution in [0.25, 0.3) is 10.6 Å². The highest BCUT2D eigenvalue weighted by molar-refractivity contribution is 7.18. The fourth-order valence-electron chi connectivity index (χ4n) is 2.69. The van der Waals surface area contributed by atoms with Gasteiger partial charge >= 0.3 is 0 Å². The van der Waals surface area contributed by atoms with Crippen molar-refractivity contribution in [2.75, 3.05) is 23.3 Å². The lowest BCUT2D eigenvalue weighted by Crippen LogP contribution is -2.20. The van der Waals surface area contributed by atoms with Crippen molar-refractivity contribution in [1.29, 1.82) is 0 Å². The van der Waals surface area contributed by atoms with Gasteiger partial charge in [0.05, 0.1) is 16.7 Å². The monoisotopic (exact) mass is 373 g/mol. The summed E-state index contributed by atoms with van der Waals surface area (Å²) in [4.78, 5) is 16.4. The minimum Gasteiger partial charge on any atom is -0.391 e. The fraction of sp³-hybridized carbons (Fsp3) is 0.235. The molecule has 0 aliphatic carbocycles. The second-order valence-electron chi connectivity index (χ2n) is 5.79. The van der Waals surface area contributed by atoms with Gasteiger partial charge in [0.25, 0.3) is 0 Å². The third-order valence-electron chi connectivity index (χ3n) is 3.91. The maximum absolute atomic E-state index is 9.68. The maximum Gasteiger partial charge on any atom is 0.185 e. The summed E-state index contributed by atoms with van der Waals surface area (Å²) in [6.07, 6.45) is 4.01. The molecule has 0 amide bonds. The van der Waals surface area contributed by atoms with E-state index in [-0.39, 0.29) is 6.10 Å². The van der Waals surface area contributed by atoms with Gasteiger partial charge < -0.3 is 15.3 Å². The minimum atomic E-state index is -0.261. The number of β-amino-alcohol motifs (C(OH)–C–C–N with tert-alkyl or cyclic N) is 1. The predicted molar refractivity (Wildman–Crippen MR) is 101 cm³/mol. The molecule has 3 aromatic rings. The SMILES string of the molecule is O[C@@H]1CCN(c2ncc(-c3cccc(Nc4cc(Cl)ccn4)n3)s2)C1. The number of pyridine rings is 2. The third-order valence-corrected chi connectivity index (χ3v) is 5.22. The summed E-state index contributed by atoms with van der Waals surface area (Å²) in [6, 6.07) is 9.25. The summed E-state index contributed by atoms with van der Waals surface area (Å²) in [7, 11) is 0. The first kappa shape index (κ1) is 16.3. The van der Waals surface area contributed by atoms with E-state index in [2.05, 4.69) is 25.2 Å². The number of nitrogens with one attached hydrogen (secondary N) is 1. The molecule has 3 aromatic heterocycles. The van der Waals surface area contributed by atoms with Gasteiger partial charge in [-0.1, -0.05) is 29.0 Å². The molecule has 4 rings (SSSR count). The molecule has 6 nitrogen and oxygen atoms in total. The van der Waals surface area contributed by atoms with Gasteiger partial charge in [0.1, 0.15) is 11.6 Å². The van der Waals surface area contributed by atoms with Crippen molar-refractivity contribution in [3.8, 4) is 10.6 Å². The highest BCUT2D eigenvalue weighted by Gasteiger charge is 2.22. The standard InChI is InChI=1S/C17H16ClN5OS/c18-11-4-6-19-16(8-11)22-15-3-1-2-13(21-15)14-9-20-17(25-14)23-7-5-12(24)10-23/h1-4,6,8-9,12,24H,5,7,10H2,(H,19,21,22)/t12-/m1/s1. The molecule has 1 aliphatic rings. The summed E-state index contributed by atoms with van der Waals surface area (Å²) >= 11 is 7.56. The smallest absolute Gasteiger partial charge is 0.185 e. The van der Waals surface area contributed by atoms with Crippen molar-refractivity contribution in [3.63, 3.8) is 0 Å². The predicted octanol–water partition coefficient (Wildman–Crippen LogP) is 3.57. The molecular formula is C17H16ClN5OS. The van der Waals surface area contributed by atoms with E-state index in [1.807, 2.05) is 24.4 Å². The number of hydrogen-bond acceptors (Lipinski definition) is 7. The van der Waals surface area contributed by atoms with Gasteiger partial charge in [0.2, 0.25) is 0 Å². The van der Waals surface area contributed by atoms with Crippen LogP contribution in [0, 0.1) is 0 Å². The van der Waals surface area contributed by atoms with Gasteiger partial charge in [0.15, 0.2) is 5.13 Å². The molecule has 0 spiro atoms. The second-order valence-corrected chi connectivity index (χ2v) is 7.23. The molecule has 0 bridgehead atoms. The van der Waals surface area contributed by atoms with Crippen LogP contribution in [0.2, 0.25) is 5.02 Å². The first-order chi connectivity index (χ1) is 12.2. The molecule has 0 aromatic carbocycles. The van der Waals surface area contributed by atoms with Crippen LogP contribution in [0.15, 0.2) is 42.7 Å². The molecule has 8 heteroatoms. The number of aliphatic hydroxyl groups is 1. The Morgan fingerprint density at radius 3 is 2.96 bits per heavy atom. The molecule has 2 N–H and O–H groups in total. The Balaban J connectivity index is 1.54. The van der Waals surface area contributed by atoms with E-state index in [0.717, 1.165) is 28.7 Å². The highest BCUT2D eigenvalue weighted by Crippen LogP contribution is 2.32. The summed E-state index contributed by atoms with van der Waals surface area (Å²) in [6.45, 7) is 1.48. The van der Waals surface area contributed by atoms with Crippen molar-refractivity contribution in [3.05, 3.63) is 47.7 Å². The van der Waals surface area contributed by atoms with Crippen molar-refractivity contribution in [2.45, 2.75) is 12.5 Å². The zero-order valence-electron chi connectivity index (χ0n) is 13.3. The Morgan fingerprint density at radius 2 is 2.16 bits per heavy atom. The van der Waals surface area contributed by atoms with Crippen LogP contribution in [0.4, 0.5) is 16.8 Å². The first-order valence-electron chi connectivity index (χ1n) is 7.92. The van der Waals surface area contributed by atoms with Gasteiger partial charge in [-0.05, 0) is 30.7 Å². The maximum atomic E-state index is 9.68. The largest absolute Gasteiger partial charge is 0.391 e. The lowest BCUT2D eigenvalue weighted by Gasteiger charge is -2.12. The summed E-state index contributed by atoms with van der Waals surface area (Å²) in [5.74, 6) is 1.34. The Bertz CT molecular complexity index is 887. The van der Waals surface area contributed by atoms with E-state index in [1.165, 1.54) is 0 Å². The third kappa shape index (κ3) is 3.73. The Labute approximate surface area is 154 Å². The molecule has 0 unspecified atom stereocenters. The van der Waals surface area contributed by atoms with Crippen molar-refractivity contribution in [2.24, 2.45) is 0 Å². The Morgan fingerprint density at radius 1 is 1.24 bits per heavy atom. The molecule has 4 heterocycles. The highest BCUT2D eigenvalue weighted by atomic mass is 35.5. The van der Waals surface area contributed by atoms with Crippen molar-refractivity contribution >= 4 is 39.7 Å². The fourth-order valence-corrected chi connectivity index (χ4v) is 3.77. The van der Waals surface area contributed by atoms with E-state index in [4.69, 9.17) is 11.6 Å². The zero-order chi connectivity index (χ0) is 17.2. The molecule has 128 valence electrons. The molecule has 1 saturated heterocycles. The number of nitrogens with zero attached hydrogens (tertiary/aromatic N) is 4. The number of thiazole rings is 1. The lowest BCUT2D eigenvalue weighted by atomic mass is 10.3. The summed E-state index contributed by atoms with van der Waals surface area (Å²) < 4.78 is 0. The number of hydrogen-bond donors (Lipinski definition) is 2. The number of aromatic nitrogens is 3. The molecule has 1 fully saturated rings. The summed E-state index contributed by atoms with van der Waals surface area (Å²) in [5.41, 5.74) is 0.843. The van der Waals surface area contributed by atoms with Gasteiger partial charge in [0, 0.05) is 30.5 Å². The van der Waals surface area contributed by atoms with Crippen LogP contribution in [-0.4, -0.2) is 39.3 Å². The molecule has 25 heavy (non-hydrogen) atoms. The first-order valence-corrected chi connectivity index (χ1v) is 9.12. The van der Waals surface area contributed by atoms with Crippen LogP contribution in [0.3, 0.4) is 0 Å². The molecule has 1 atom stereocenters. The quantitative estimate of drug-likeness (QED) is 0.728. The number of aliphatic hydroxyl groups excluding tert-OH is 1. The van der Waals surface area contributed by atoms with Gasteiger partial charge in [-0.15, -0.1) is 0 Å². The Kier molecular flexibility index (Phi) is 4.52. The van der Waals surface area contributed by atoms with E-state index in [9.17, 15) is 5.11 Å². The van der Waals surface area contributed by atoms with E-state index >= 15 is 0 Å². The number of halogens is 1. The normalized spacial score (nSPS) is 17.0. The molecular weight excluding hydrogens is 358 g/mol. The molecule has 0 saturated carbocycles. The average Bonchev–Trinajstić information content (AvgIpc) is 3.24. The topological polar surface area (TPSA) is 74.2 Å². The van der Waals surface area contributed by atoms with Crippen LogP contribution >= 0.6 is 22.9 Å². The minimum absolute atomic E-state index is 0.261. The zero-order valence-corrected chi connectivity index (χ0v) is 14.8. The van der Waals surface area contributed by atoms with Crippen LogP contribution in [0.5, 0.6) is 0 Å². The van der Waals surface area contributed by atoms with Gasteiger partial charge in [-0.25, -0.2) is 15.0 Å². The van der Waals surface area contributed by atoms with E-state index in [0.29, 0.717) is 23.2 Å². The average molecular weight is 374 g/mol. The molecule has 1 aliphatic heterocycles. The van der Waals surface area contributed by atoms with E-state index in [1.54, 1.807) is 29.7 Å². The van der Waals surface area contributed by atoms with Crippen LogP contribution in [0.1, 0.15) is 6.42 Å². The van der Waals surface area contributed by atoms with Gasteiger partial charge in [-0.3, -0.25) is 0 Å². The van der Waals surface area contributed by atoms with Crippen molar-refractivity contribution < 1.29 is 5.11 Å². The lowest BCUT2D eigenvalue weighted by molar-refractivity contribution is 0.198. The summed E-state index contributed by atoms with van der Waals surface area (Å²) in [5, 5.41) is 14.4. The Hall–Kier alpha value is -2.22. The van der Waals surface area contributed by atoms with Crippen molar-refractivity contribution in [1.82, 2.24) is 15.0 Å². The van der Waals surface area contributed by atoms with Gasteiger partial charge in [-0.2, -0.15) is 0 Å². The second kappa shape index (κ2) is 6.95.